The molecule has 35 heavy (non-hydrogen) atoms. The molecule has 0 bridgehead atoms. The van der Waals surface area contributed by atoms with Crippen LogP contribution in [0.4, 0.5) is 11.4 Å². The second-order valence-electron chi connectivity index (χ2n) is 7.46. The van der Waals surface area contributed by atoms with Crippen molar-refractivity contribution in [2.24, 2.45) is 0 Å². The van der Waals surface area contributed by atoms with E-state index in [9.17, 15) is 24.5 Å². The molecule has 1 atom stereocenters. The van der Waals surface area contributed by atoms with Crippen molar-refractivity contribution >= 4 is 40.9 Å². The van der Waals surface area contributed by atoms with E-state index in [0.29, 0.717) is 17.9 Å². The Kier molecular flexibility index (Phi) is 9.02. The number of nitrogens with zero attached hydrogens (tertiary/aromatic N) is 1. The van der Waals surface area contributed by atoms with Crippen molar-refractivity contribution in [3.63, 3.8) is 0 Å². The number of non-ortho nitro benzene ring substituents is 1. The molecule has 1 unspecified atom stereocenters. The van der Waals surface area contributed by atoms with Gasteiger partial charge in [0, 0.05) is 29.9 Å². The summed E-state index contributed by atoms with van der Waals surface area (Å²) < 4.78 is 5.08. The van der Waals surface area contributed by atoms with Gasteiger partial charge in [-0.1, -0.05) is 18.2 Å². The molecule has 0 aliphatic rings. The Bertz CT molecular complexity index is 1200. The van der Waals surface area contributed by atoms with E-state index in [1.54, 1.807) is 36.4 Å². The number of benzene rings is 2. The van der Waals surface area contributed by atoms with Gasteiger partial charge in [0.25, 0.3) is 17.5 Å². The van der Waals surface area contributed by atoms with E-state index in [1.165, 1.54) is 42.3 Å². The Balaban J connectivity index is 1.62. The zero-order valence-corrected chi connectivity index (χ0v) is 19.7. The van der Waals surface area contributed by atoms with Gasteiger partial charge in [-0.05, 0) is 54.3 Å². The standard InChI is InChI=1S/C24H24N4O6S/c1-35-12-10-20(27-22(29)17-6-3-8-19(14-17)28(32)33)23(30)25-15-16-5-2-7-18(13-16)26-24(31)21-9-4-11-34-21/h2-9,11,13-14,20H,10,12,15H2,1H3,(H,25,30)(H,26,31)(H,27,29). The fourth-order valence-corrected chi connectivity index (χ4v) is 3.65. The van der Waals surface area contributed by atoms with Gasteiger partial charge in [0.05, 0.1) is 11.2 Å². The molecule has 1 aromatic heterocycles. The van der Waals surface area contributed by atoms with Gasteiger partial charge in [0.2, 0.25) is 5.91 Å². The molecule has 0 spiro atoms. The van der Waals surface area contributed by atoms with Crippen LogP contribution in [0.15, 0.2) is 71.3 Å². The quantitative estimate of drug-likeness (QED) is 0.272. The van der Waals surface area contributed by atoms with Gasteiger partial charge < -0.3 is 20.4 Å². The molecular weight excluding hydrogens is 472 g/mol. The lowest BCUT2D eigenvalue weighted by molar-refractivity contribution is -0.384. The first-order valence-corrected chi connectivity index (χ1v) is 12.0. The number of amides is 3. The average Bonchev–Trinajstić information content (AvgIpc) is 3.40. The van der Waals surface area contributed by atoms with E-state index in [0.717, 1.165) is 5.56 Å². The van der Waals surface area contributed by atoms with E-state index >= 15 is 0 Å². The smallest absolute Gasteiger partial charge is 0.291 e. The van der Waals surface area contributed by atoms with Gasteiger partial charge in [-0.2, -0.15) is 11.8 Å². The van der Waals surface area contributed by atoms with Crippen LogP contribution in [0.3, 0.4) is 0 Å². The van der Waals surface area contributed by atoms with Crippen LogP contribution in [-0.2, 0) is 11.3 Å². The maximum atomic E-state index is 12.9. The molecule has 3 N–H and O–H groups in total. The average molecular weight is 497 g/mol. The highest BCUT2D eigenvalue weighted by Gasteiger charge is 2.22. The van der Waals surface area contributed by atoms with Crippen molar-refractivity contribution in [1.82, 2.24) is 10.6 Å². The summed E-state index contributed by atoms with van der Waals surface area (Å²) in [6, 6.07) is 14.7. The van der Waals surface area contributed by atoms with Gasteiger partial charge in [-0.25, -0.2) is 0 Å². The maximum Gasteiger partial charge on any atom is 0.291 e. The fraction of sp³-hybridized carbons (Fsp3) is 0.208. The molecule has 3 amide bonds. The van der Waals surface area contributed by atoms with Gasteiger partial charge in [-0.3, -0.25) is 24.5 Å². The van der Waals surface area contributed by atoms with Gasteiger partial charge in [-0.15, -0.1) is 0 Å². The lowest BCUT2D eigenvalue weighted by Crippen LogP contribution is -2.46. The van der Waals surface area contributed by atoms with Crippen LogP contribution in [0.1, 0.15) is 32.9 Å². The summed E-state index contributed by atoms with van der Waals surface area (Å²) in [5.41, 5.74) is 1.17. The number of rotatable bonds is 11. The Hall–Kier alpha value is -4.12. The summed E-state index contributed by atoms with van der Waals surface area (Å²) in [4.78, 5) is 48.1. The van der Waals surface area contributed by atoms with Crippen LogP contribution in [-0.4, -0.2) is 40.7 Å². The van der Waals surface area contributed by atoms with Crippen molar-refractivity contribution in [3.8, 4) is 0 Å². The molecule has 2 aromatic carbocycles. The van der Waals surface area contributed by atoms with Crippen molar-refractivity contribution in [1.29, 1.82) is 0 Å². The molecule has 0 aliphatic carbocycles. The van der Waals surface area contributed by atoms with Crippen LogP contribution >= 0.6 is 11.8 Å². The lowest BCUT2D eigenvalue weighted by atomic mass is 10.1. The third-order valence-electron chi connectivity index (χ3n) is 4.95. The maximum absolute atomic E-state index is 12.9. The van der Waals surface area contributed by atoms with Crippen LogP contribution < -0.4 is 16.0 Å². The molecule has 0 radical (unpaired) electrons. The summed E-state index contributed by atoms with van der Waals surface area (Å²) in [6.45, 7) is 0.172. The number of nitrogens with one attached hydrogen (secondary N) is 3. The molecule has 0 aliphatic heterocycles. The lowest BCUT2D eigenvalue weighted by Gasteiger charge is -2.18. The first kappa shape index (κ1) is 25.5. The number of thioether (sulfide) groups is 1. The highest BCUT2D eigenvalue weighted by Crippen LogP contribution is 2.15. The number of hydrogen-bond donors (Lipinski definition) is 3. The monoisotopic (exact) mass is 496 g/mol. The fourth-order valence-electron chi connectivity index (χ4n) is 3.18. The molecular formula is C24H24N4O6S. The summed E-state index contributed by atoms with van der Waals surface area (Å²) >= 11 is 1.53. The molecule has 1 heterocycles. The van der Waals surface area contributed by atoms with Crippen molar-refractivity contribution < 1.29 is 23.7 Å². The highest BCUT2D eigenvalue weighted by molar-refractivity contribution is 7.98. The number of anilines is 1. The molecule has 3 aromatic rings. The first-order chi connectivity index (χ1) is 16.9. The van der Waals surface area contributed by atoms with Crippen molar-refractivity contribution in [3.05, 3.63) is 93.9 Å². The molecule has 0 saturated carbocycles. The Morgan fingerprint density at radius 3 is 2.57 bits per heavy atom. The third kappa shape index (κ3) is 7.44. The van der Waals surface area contributed by atoms with Crippen LogP contribution in [0.25, 0.3) is 0 Å². The van der Waals surface area contributed by atoms with E-state index in [2.05, 4.69) is 16.0 Å². The van der Waals surface area contributed by atoms with Crippen molar-refractivity contribution in [2.75, 3.05) is 17.3 Å². The minimum Gasteiger partial charge on any atom is -0.459 e. The highest BCUT2D eigenvalue weighted by atomic mass is 32.2. The molecule has 10 nitrogen and oxygen atoms in total. The molecule has 3 rings (SSSR count). The predicted octanol–water partition coefficient (Wildman–Crippen LogP) is 3.61. The molecule has 182 valence electrons. The van der Waals surface area contributed by atoms with E-state index in [1.807, 2.05) is 6.26 Å². The summed E-state index contributed by atoms with van der Waals surface area (Å²) in [5, 5.41) is 19.2. The van der Waals surface area contributed by atoms with Crippen LogP contribution in [0.2, 0.25) is 0 Å². The van der Waals surface area contributed by atoms with Crippen molar-refractivity contribution in [2.45, 2.75) is 19.0 Å². The molecule has 11 heteroatoms. The Labute approximate surface area is 205 Å². The van der Waals surface area contributed by atoms with Crippen LogP contribution in [0, 0.1) is 10.1 Å². The largest absolute Gasteiger partial charge is 0.459 e. The zero-order valence-electron chi connectivity index (χ0n) is 18.9. The summed E-state index contributed by atoms with van der Waals surface area (Å²) in [7, 11) is 0. The first-order valence-electron chi connectivity index (χ1n) is 10.6. The van der Waals surface area contributed by atoms with E-state index in [4.69, 9.17) is 4.42 Å². The minimum absolute atomic E-state index is 0.0983. The van der Waals surface area contributed by atoms with Gasteiger partial charge in [0.15, 0.2) is 5.76 Å². The van der Waals surface area contributed by atoms with E-state index < -0.39 is 22.8 Å². The third-order valence-corrected chi connectivity index (χ3v) is 5.59. The summed E-state index contributed by atoms with van der Waals surface area (Å²) in [6.07, 6.45) is 3.68. The number of hydrogen-bond acceptors (Lipinski definition) is 7. The van der Waals surface area contributed by atoms with Gasteiger partial charge >= 0.3 is 0 Å². The number of nitro groups is 1. The van der Waals surface area contributed by atoms with Gasteiger partial charge in [0.1, 0.15) is 6.04 Å². The predicted molar refractivity (Wildman–Crippen MR) is 132 cm³/mol. The topological polar surface area (TPSA) is 144 Å². The Morgan fingerprint density at radius 1 is 1.06 bits per heavy atom. The van der Waals surface area contributed by atoms with E-state index in [-0.39, 0.29) is 29.5 Å². The normalized spacial score (nSPS) is 11.3. The number of carbonyl (C=O) groups excluding carboxylic acids is 3. The molecule has 0 saturated heterocycles. The minimum atomic E-state index is -0.823. The van der Waals surface area contributed by atoms with Crippen LogP contribution in [0.5, 0.6) is 0 Å². The number of carbonyl (C=O) groups is 3. The number of nitro benzene ring substituents is 1. The SMILES string of the molecule is CSCCC(NC(=O)c1cccc([N+](=O)[O-])c1)C(=O)NCc1cccc(NC(=O)c2ccco2)c1. The summed E-state index contributed by atoms with van der Waals surface area (Å²) in [5.74, 6) is -0.542. The molecule has 0 fully saturated rings. The Morgan fingerprint density at radius 2 is 1.86 bits per heavy atom. The zero-order chi connectivity index (χ0) is 25.2. The second kappa shape index (κ2) is 12.4. The second-order valence-corrected chi connectivity index (χ2v) is 8.45. The number of furan rings is 1.